The van der Waals surface area contributed by atoms with Gasteiger partial charge in [0, 0.05) is 5.92 Å². The van der Waals surface area contributed by atoms with Gasteiger partial charge in [-0.25, -0.2) is 4.79 Å². The fourth-order valence-corrected chi connectivity index (χ4v) is 1.06. The molecule has 0 spiro atoms. The van der Waals surface area contributed by atoms with Gasteiger partial charge in [-0.15, -0.1) is 0 Å². The SMILES string of the molecule is COC(=O)C#Cc1ccc(OC)cc1[N+](=O)[O-]. The average molecular weight is 235 g/mol. The Bertz CT molecular complexity index is 512. The van der Waals surface area contributed by atoms with Crippen LogP contribution in [0.25, 0.3) is 0 Å². The Kier molecular flexibility index (Phi) is 4.06. The Balaban J connectivity index is 3.18. The zero-order valence-corrected chi connectivity index (χ0v) is 9.22. The molecule has 6 nitrogen and oxygen atoms in total. The molecule has 6 heteroatoms. The first-order chi connectivity index (χ1) is 8.08. The zero-order chi connectivity index (χ0) is 12.8. The first kappa shape index (κ1) is 12.5. The number of nitrogens with zero attached hydrogens (tertiary/aromatic N) is 1. The third kappa shape index (κ3) is 3.21. The number of carbonyl (C=O) groups excluding carboxylic acids is 1. The maximum absolute atomic E-state index is 10.8. The molecule has 17 heavy (non-hydrogen) atoms. The maximum Gasteiger partial charge on any atom is 0.384 e. The standard InChI is InChI=1S/C11H9NO5/c1-16-9-5-3-8(4-6-11(13)17-2)10(7-9)12(14)15/h3,5,7H,1-2H3. The minimum absolute atomic E-state index is 0.126. The fraction of sp³-hybridized carbons (Fsp3) is 0.182. The molecule has 0 heterocycles. The van der Waals surface area contributed by atoms with Gasteiger partial charge in [0.1, 0.15) is 11.3 Å². The number of rotatable bonds is 2. The third-order valence-corrected chi connectivity index (χ3v) is 1.89. The van der Waals surface area contributed by atoms with Gasteiger partial charge in [0.15, 0.2) is 0 Å². The van der Waals surface area contributed by atoms with Gasteiger partial charge in [-0.3, -0.25) is 10.1 Å². The highest BCUT2D eigenvalue weighted by atomic mass is 16.6. The number of benzene rings is 1. The molecule has 1 aromatic carbocycles. The van der Waals surface area contributed by atoms with Crippen LogP contribution in [0.15, 0.2) is 18.2 Å². The van der Waals surface area contributed by atoms with Crippen LogP contribution in [-0.4, -0.2) is 25.1 Å². The van der Waals surface area contributed by atoms with E-state index in [1.807, 2.05) is 0 Å². The Morgan fingerprint density at radius 3 is 2.65 bits per heavy atom. The predicted octanol–water partition coefficient (Wildman–Crippen LogP) is 1.13. The first-order valence-corrected chi connectivity index (χ1v) is 4.51. The minimum atomic E-state index is -0.755. The van der Waals surface area contributed by atoms with Crippen molar-refractivity contribution < 1.29 is 19.2 Å². The van der Waals surface area contributed by atoms with Gasteiger partial charge in [-0.1, -0.05) is 0 Å². The summed E-state index contributed by atoms with van der Waals surface area (Å²) in [6.07, 6.45) is 0. The second-order valence-corrected chi connectivity index (χ2v) is 2.88. The van der Waals surface area contributed by atoms with Crippen molar-refractivity contribution in [2.24, 2.45) is 0 Å². The van der Waals surface area contributed by atoms with Crippen molar-refractivity contribution in [3.05, 3.63) is 33.9 Å². The molecule has 0 bridgehead atoms. The Morgan fingerprint density at radius 1 is 1.41 bits per heavy atom. The van der Waals surface area contributed by atoms with E-state index in [-0.39, 0.29) is 11.3 Å². The summed E-state index contributed by atoms with van der Waals surface area (Å²) in [5, 5.41) is 10.8. The van der Waals surface area contributed by atoms with E-state index in [0.717, 1.165) is 0 Å². The molecular formula is C11H9NO5. The molecule has 0 aliphatic carbocycles. The molecule has 0 unspecified atom stereocenters. The molecule has 1 rings (SSSR count). The van der Waals surface area contributed by atoms with Gasteiger partial charge in [-0.2, -0.15) is 0 Å². The number of hydrogen-bond acceptors (Lipinski definition) is 5. The molecule has 0 radical (unpaired) electrons. The molecule has 1 aromatic rings. The Morgan fingerprint density at radius 2 is 2.12 bits per heavy atom. The lowest BCUT2D eigenvalue weighted by molar-refractivity contribution is -0.385. The molecule has 0 amide bonds. The Hall–Kier alpha value is -2.55. The lowest BCUT2D eigenvalue weighted by Crippen LogP contribution is -1.96. The quantitative estimate of drug-likeness (QED) is 0.332. The summed E-state index contributed by atoms with van der Waals surface area (Å²) in [6.45, 7) is 0. The van der Waals surface area contributed by atoms with Gasteiger partial charge in [-0.05, 0) is 18.1 Å². The third-order valence-electron chi connectivity index (χ3n) is 1.89. The van der Waals surface area contributed by atoms with Crippen molar-refractivity contribution in [3.63, 3.8) is 0 Å². The van der Waals surface area contributed by atoms with Crippen molar-refractivity contribution in [1.29, 1.82) is 0 Å². The molecule has 0 fully saturated rings. The summed E-state index contributed by atoms with van der Waals surface area (Å²) in [4.78, 5) is 21.0. The second kappa shape index (κ2) is 5.51. The van der Waals surface area contributed by atoms with Crippen molar-refractivity contribution >= 4 is 11.7 Å². The lowest BCUT2D eigenvalue weighted by Gasteiger charge is -2.00. The van der Waals surface area contributed by atoms with Crippen LogP contribution in [-0.2, 0) is 9.53 Å². The van der Waals surface area contributed by atoms with Crippen molar-refractivity contribution in [3.8, 4) is 17.6 Å². The summed E-state index contributed by atoms with van der Waals surface area (Å²) >= 11 is 0. The van der Waals surface area contributed by atoms with Gasteiger partial charge >= 0.3 is 5.97 Å². The number of hydrogen-bond donors (Lipinski definition) is 0. The number of esters is 1. The number of nitro groups is 1. The van der Waals surface area contributed by atoms with Gasteiger partial charge in [0.2, 0.25) is 0 Å². The summed E-state index contributed by atoms with van der Waals surface area (Å²) in [7, 11) is 2.58. The Labute approximate surface area is 97.3 Å². The van der Waals surface area contributed by atoms with E-state index >= 15 is 0 Å². The fourth-order valence-electron chi connectivity index (χ4n) is 1.06. The van der Waals surface area contributed by atoms with Crippen LogP contribution >= 0.6 is 0 Å². The van der Waals surface area contributed by atoms with E-state index in [9.17, 15) is 14.9 Å². The van der Waals surface area contributed by atoms with Crippen molar-refractivity contribution in [1.82, 2.24) is 0 Å². The smallest absolute Gasteiger partial charge is 0.384 e. The van der Waals surface area contributed by atoms with Crippen molar-refractivity contribution in [2.45, 2.75) is 0 Å². The van der Waals surface area contributed by atoms with E-state index in [1.165, 1.54) is 32.4 Å². The minimum Gasteiger partial charge on any atom is -0.497 e. The molecular weight excluding hydrogens is 226 g/mol. The van der Waals surface area contributed by atoms with Crippen LogP contribution in [0.4, 0.5) is 5.69 Å². The summed E-state index contributed by atoms with van der Waals surface area (Å²) in [5.41, 5.74) is -0.0954. The number of nitro benzene ring substituents is 1. The summed E-state index contributed by atoms with van der Waals surface area (Å²) in [6, 6.07) is 4.17. The maximum atomic E-state index is 10.8. The average Bonchev–Trinajstić information content (AvgIpc) is 2.35. The van der Waals surface area contributed by atoms with E-state index in [1.54, 1.807) is 0 Å². The lowest BCUT2D eigenvalue weighted by atomic mass is 10.2. The molecule has 0 aliphatic rings. The number of ether oxygens (including phenoxy) is 2. The molecule has 0 aliphatic heterocycles. The summed E-state index contributed by atoms with van der Waals surface area (Å²) < 4.78 is 9.17. The van der Waals surface area contributed by atoms with Crippen LogP contribution < -0.4 is 4.74 Å². The first-order valence-electron chi connectivity index (χ1n) is 4.51. The molecule has 88 valence electrons. The van der Waals surface area contributed by atoms with E-state index in [2.05, 4.69) is 16.6 Å². The van der Waals surface area contributed by atoms with Gasteiger partial charge in [0.25, 0.3) is 5.69 Å². The highest BCUT2D eigenvalue weighted by molar-refractivity contribution is 5.89. The highest BCUT2D eigenvalue weighted by Gasteiger charge is 2.13. The topological polar surface area (TPSA) is 78.7 Å². The number of methoxy groups -OCH3 is 2. The molecule has 0 saturated heterocycles. The van der Waals surface area contributed by atoms with Crippen molar-refractivity contribution in [2.75, 3.05) is 14.2 Å². The largest absolute Gasteiger partial charge is 0.497 e. The van der Waals surface area contributed by atoms with Crippen LogP contribution in [0.1, 0.15) is 5.56 Å². The zero-order valence-electron chi connectivity index (χ0n) is 9.22. The van der Waals surface area contributed by atoms with Crippen LogP contribution in [0.5, 0.6) is 5.75 Å². The predicted molar refractivity (Wildman–Crippen MR) is 58.5 cm³/mol. The van der Waals surface area contributed by atoms with Crippen LogP contribution in [0.3, 0.4) is 0 Å². The molecule has 0 aromatic heterocycles. The normalized spacial score (nSPS) is 8.82. The summed E-state index contributed by atoms with van der Waals surface area (Å²) in [5.74, 6) is 4.09. The van der Waals surface area contributed by atoms with Crippen LogP contribution in [0, 0.1) is 22.0 Å². The highest BCUT2D eigenvalue weighted by Crippen LogP contribution is 2.23. The molecule has 0 saturated carbocycles. The molecule has 0 atom stereocenters. The molecule has 0 N–H and O–H groups in total. The number of carbonyl (C=O) groups is 1. The van der Waals surface area contributed by atoms with E-state index in [4.69, 9.17) is 4.74 Å². The second-order valence-electron chi connectivity index (χ2n) is 2.88. The van der Waals surface area contributed by atoms with Gasteiger partial charge < -0.3 is 9.47 Å². The van der Waals surface area contributed by atoms with E-state index < -0.39 is 10.9 Å². The van der Waals surface area contributed by atoms with Crippen LogP contribution in [0.2, 0.25) is 0 Å². The monoisotopic (exact) mass is 235 g/mol. The van der Waals surface area contributed by atoms with Gasteiger partial charge in [0.05, 0.1) is 25.2 Å². The van der Waals surface area contributed by atoms with E-state index in [0.29, 0.717) is 5.75 Å².